The van der Waals surface area contributed by atoms with Gasteiger partial charge in [0, 0.05) is 42.0 Å². The van der Waals surface area contributed by atoms with E-state index in [-0.39, 0.29) is 0 Å². The summed E-state index contributed by atoms with van der Waals surface area (Å²) in [4.78, 5) is 6.07. The van der Waals surface area contributed by atoms with Gasteiger partial charge in [-0.1, -0.05) is 6.07 Å². The molecule has 0 bridgehead atoms. The smallest absolute Gasteiger partial charge is 0.191 e. The van der Waals surface area contributed by atoms with Crippen LogP contribution in [0, 0.1) is 6.57 Å². The van der Waals surface area contributed by atoms with Crippen molar-refractivity contribution < 1.29 is 9.47 Å². The number of fused-ring (bicyclic) bond motifs is 3. The highest BCUT2D eigenvalue weighted by Gasteiger charge is 2.41. The maximum Gasteiger partial charge on any atom is 0.191 e. The van der Waals surface area contributed by atoms with Crippen LogP contribution in [0.5, 0.6) is 5.75 Å². The molecule has 3 aliphatic heterocycles. The molecule has 0 saturated carbocycles. The molecule has 0 spiro atoms. The van der Waals surface area contributed by atoms with Gasteiger partial charge < -0.3 is 25.0 Å². The monoisotopic (exact) mass is 376 g/mol. The molecule has 2 aromatic rings. The highest BCUT2D eigenvalue weighted by Crippen LogP contribution is 2.48. The Kier molecular flexibility index (Phi) is 4.34. The summed E-state index contributed by atoms with van der Waals surface area (Å²) in [5.41, 5.74) is 6.53. The zero-order valence-corrected chi connectivity index (χ0v) is 16.0. The van der Waals surface area contributed by atoms with Crippen LogP contribution >= 0.6 is 0 Å². The van der Waals surface area contributed by atoms with Crippen molar-refractivity contribution >= 4 is 22.7 Å². The number of hydrogen-bond acceptors (Lipinski definition) is 5. The predicted octanol–water partition coefficient (Wildman–Crippen LogP) is 3.79. The molecule has 2 atom stereocenters. The Morgan fingerprint density at radius 3 is 3.11 bits per heavy atom. The van der Waals surface area contributed by atoms with Crippen molar-refractivity contribution in [3.05, 3.63) is 52.9 Å². The maximum atomic E-state index is 7.20. The molecular formula is C22H24N4O2. The van der Waals surface area contributed by atoms with Gasteiger partial charge in [-0.05, 0) is 42.8 Å². The fraction of sp³-hybridized carbons (Fsp3) is 0.409. The molecule has 3 aliphatic rings. The minimum Gasteiger partial charge on any atom is -0.496 e. The lowest BCUT2D eigenvalue weighted by Crippen LogP contribution is -2.44. The van der Waals surface area contributed by atoms with Crippen LogP contribution in [-0.2, 0) is 11.3 Å². The second kappa shape index (κ2) is 7.01. The van der Waals surface area contributed by atoms with Crippen molar-refractivity contribution in [1.82, 2.24) is 5.32 Å². The standard InChI is InChI=1S/C22H24N4O2/c1-23-15-3-4-19(21(11-15)27-2)25-16-9-14-13-28-8-7-26-20-5-6-24-12-18(20)17(10-16)22(14)26/h3-4,9-11,18,20,24-25H,5-8,12-13H2,2H3/t18-,20-/m0/s1. The van der Waals surface area contributed by atoms with Gasteiger partial charge in [0.1, 0.15) is 5.75 Å². The van der Waals surface area contributed by atoms with Crippen LogP contribution in [0.3, 0.4) is 0 Å². The molecule has 6 heteroatoms. The first-order valence-corrected chi connectivity index (χ1v) is 9.83. The molecular weight excluding hydrogens is 352 g/mol. The molecule has 0 radical (unpaired) electrons. The Labute approximate surface area is 165 Å². The minimum absolute atomic E-state index is 0.522. The number of piperidine rings is 1. The van der Waals surface area contributed by atoms with Crippen molar-refractivity contribution in [2.75, 3.05) is 43.6 Å². The van der Waals surface area contributed by atoms with E-state index in [9.17, 15) is 0 Å². The SMILES string of the molecule is [C-]#[N+]c1ccc(Nc2cc3c4c(c2)[C@@H]2CNCC[C@@H]2N4CCOC3)c(OC)c1. The first-order chi connectivity index (χ1) is 13.8. The Balaban J connectivity index is 1.55. The summed E-state index contributed by atoms with van der Waals surface area (Å²) in [5.74, 6) is 1.20. The van der Waals surface area contributed by atoms with Crippen molar-refractivity contribution in [3.8, 4) is 5.75 Å². The Morgan fingerprint density at radius 2 is 2.25 bits per heavy atom. The van der Waals surface area contributed by atoms with E-state index in [4.69, 9.17) is 16.0 Å². The van der Waals surface area contributed by atoms with Crippen LogP contribution in [0.25, 0.3) is 4.85 Å². The van der Waals surface area contributed by atoms with Gasteiger partial charge in [0.25, 0.3) is 0 Å². The van der Waals surface area contributed by atoms with Crippen LogP contribution < -0.4 is 20.3 Å². The van der Waals surface area contributed by atoms with Crippen LogP contribution in [0.4, 0.5) is 22.7 Å². The van der Waals surface area contributed by atoms with Gasteiger partial charge in [-0.25, -0.2) is 4.85 Å². The third kappa shape index (κ3) is 2.79. The molecule has 6 nitrogen and oxygen atoms in total. The molecule has 0 amide bonds. The molecule has 1 saturated heterocycles. The van der Waals surface area contributed by atoms with E-state index < -0.39 is 0 Å². The van der Waals surface area contributed by atoms with Gasteiger partial charge in [-0.3, -0.25) is 0 Å². The Morgan fingerprint density at radius 1 is 1.32 bits per heavy atom. The molecule has 2 aromatic carbocycles. The summed E-state index contributed by atoms with van der Waals surface area (Å²) in [7, 11) is 1.63. The third-order valence-electron chi connectivity index (χ3n) is 6.08. The van der Waals surface area contributed by atoms with Crippen LogP contribution in [0.15, 0.2) is 30.3 Å². The fourth-order valence-electron chi connectivity index (χ4n) is 4.87. The quantitative estimate of drug-likeness (QED) is 0.799. The van der Waals surface area contributed by atoms with Gasteiger partial charge >= 0.3 is 0 Å². The van der Waals surface area contributed by atoms with Gasteiger partial charge in [-0.2, -0.15) is 0 Å². The Hall–Kier alpha value is -2.75. The molecule has 0 unspecified atom stereocenters. The second-order valence-corrected chi connectivity index (χ2v) is 7.61. The van der Waals surface area contributed by atoms with E-state index in [1.54, 1.807) is 13.2 Å². The number of methoxy groups -OCH3 is 1. The summed E-state index contributed by atoms with van der Waals surface area (Å²) >= 11 is 0. The molecule has 3 heterocycles. The number of nitrogens with one attached hydrogen (secondary N) is 2. The lowest BCUT2D eigenvalue weighted by atomic mass is 9.89. The number of nitrogens with zero attached hydrogens (tertiary/aromatic N) is 2. The summed E-state index contributed by atoms with van der Waals surface area (Å²) < 4.78 is 11.4. The number of benzene rings is 2. The zero-order chi connectivity index (χ0) is 19.1. The zero-order valence-electron chi connectivity index (χ0n) is 16.0. The molecule has 1 fully saturated rings. The largest absolute Gasteiger partial charge is 0.496 e. The van der Waals surface area contributed by atoms with Crippen molar-refractivity contribution in [1.29, 1.82) is 0 Å². The van der Waals surface area contributed by atoms with E-state index in [0.717, 1.165) is 37.6 Å². The summed E-state index contributed by atoms with van der Waals surface area (Å²) in [6.07, 6.45) is 1.17. The van der Waals surface area contributed by atoms with Crippen LogP contribution in [0.2, 0.25) is 0 Å². The molecule has 2 N–H and O–H groups in total. The van der Waals surface area contributed by atoms with Gasteiger partial charge in [0.2, 0.25) is 0 Å². The maximum absolute atomic E-state index is 7.20. The molecule has 144 valence electrons. The minimum atomic E-state index is 0.522. The lowest BCUT2D eigenvalue weighted by molar-refractivity contribution is 0.130. The van der Waals surface area contributed by atoms with Gasteiger partial charge in [0.15, 0.2) is 5.69 Å². The number of rotatable bonds is 3. The van der Waals surface area contributed by atoms with Crippen molar-refractivity contribution in [2.45, 2.75) is 25.0 Å². The first kappa shape index (κ1) is 17.4. The Bertz CT molecular complexity index is 952. The molecule has 5 rings (SSSR count). The van der Waals surface area contributed by atoms with E-state index in [1.807, 2.05) is 12.1 Å². The summed E-state index contributed by atoms with van der Waals surface area (Å²) in [6.45, 7) is 11.7. The second-order valence-electron chi connectivity index (χ2n) is 7.61. The lowest BCUT2D eigenvalue weighted by Gasteiger charge is -2.33. The summed E-state index contributed by atoms with van der Waals surface area (Å²) in [5, 5.41) is 7.08. The van der Waals surface area contributed by atoms with Crippen LogP contribution in [-0.4, -0.2) is 39.4 Å². The molecule has 28 heavy (non-hydrogen) atoms. The number of hydrogen-bond donors (Lipinski definition) is 2. The number of ether oxygens (including phenoxy) is 2. The predicted molar refractivity (Wildman–Crippen MR) is 110 cm³/mol. The third-order valence-corrected chi connectivity index (χ3v) is 6.08. The van der Waals surface area contributed by atoms with E-state index in [0.29, 0.717) is 30.0 Å². The summed E-state index contributed by atoms with van der Waals surface area (Å²) in [6, 6.07) is 10.5. The van der Waals surface area contributed by atoms with Crippen molar-refractivity contribution in [3.63, 3.8) is 0 Å². The average Bonchev–Trinajstić information content (AvgIpc) is 2.89. The van der Waals surface area contributed by atoms with E-state index in [2.05, 4.69) is 32.5 Å². The van der Waals surface area contributed by atoms with Gasteiger partial charge in [-0.15, -0.1) is 0 Å². The topological polar surface area (TPSA) is 50.1 Å². The average molecular weight is 376 g/mol. The molecule has 0 aromatic heterocycles. The highest BCUT2D eigenvalue weighted by atomic mass is 16.5. The molecule has 0 aliphatic carbocycles. The van der Waals surface area contributed by atoms with E-state index in [1.165, 1.54) is 23.2 Å². The van der Waals surface area contributed by atoms with Crippen molar-refractivity contribution in [2.24, 2.45) is 0 Å². The fourth-order valence-corrected chi connectivity index (χ4v) is 4.87. The normalized spacial score (nSPS) is 22.6. The van der Waals surface area contributed by atoms with Crippen LogP contribution in [0.1, 0.15) is 23.5 Å². The first-order valence-electron chi connectivity index (χ1n) is 9.83. The highest BCUT2D eigenvalue weighted by molar-refractivity contribution is 5.76. The van der Waals surface area contributed by atoms with Gasteiger partial charge in [0.05, 0.1) is 32.6 Å². The van der Waals surface area contributed by atoms with E-state index >= 15 is 0 Å². The number of anilines is 3.